The van der Waals surface area contributed by atoms with Gasteiger partial charge in [0.25, 0.3) is 0 Å². The van der Waals surface area contributed by atoms with E-state index in [0.29, 0.717) is 38.3 Å². The predicted molar refractivity (Wildman–Crippen MR) is 70.1 cm³/mol. The summed E-state index contributed by atoms with van der Waals surface area (Å²) in [7, 11) is 0. The van der Waals surface area contributed by atoms with Gasteiger partial charge in [0, 0.05) is 16.1 Å². The number of carbonyl (C=O) groups is 1. The van der Waals surface area contributed by atoms with Crippen LogP contribution in [0.1, 0.15) is 10.4 Å². The lowest BCUT2D eigenvalue weighted by Gasteiger charge is -2.07. The number of halogens is 3. The van der Waals surface area contributed by atoms with Gasteiger partial charge in [-0.15, -0.1) is 0 Å². The van der Waals surface area contributed by atoms with Crippen molar-refractivity contribution in [1.82, 2.24) is 4.98 Å². The summed E-state index contributed by atoms with van der Waals surface area (Å²) in [6, 6.07) is 8.10. The first-order valence-corrected chi connectivity index (χ1v) is 5.82. The molecule has 1 aromatic carbocycles. The molecule has 0 aliphatic carbocycles. The van der Waals surface area contributed by atoms with E-state index in [1.54, 1.807) is 30.3 Å². The Bertz CT molecular complexity index is 584. The van der Waals surface area contributed by atoms with Crippen LogP contribution in [-0.4, -0.2) is 11.3 Å². The molecule has 17 heavy (non-hydrogen) atoms. The van der Waals surface area contributed by atoms with Crippen molar-refractivity contribution in [2.24, 2.45) is 0 Å². The average molecular weight is 287 g/mol. The lowest BCUT2D eigenvalue weighted by molar-refractivity contribution is 0.112. The first-order valence-electron chi connectivity index (χ1n) is 4.69. The van der Waals surface area contributed by atoms with Crippen LogP contribution in [0.15, 0.2) is 30.3 Å². The van der Waals surface area contributed by atoms with Gasteiger partial charge in [0.2, 0.25) is 0 Å². The molecule has 0 fully saturated rings. The Hall–Kier alpha value is -1.09. The van der Waals surface area contributed by atoms with Gasteiger partial charge in [0.1, 0.15) is 5.15 Å². The molecule has 2 rings (SSSR count). The fourth-order valence-electron chi connectivity index (χ4n) is 1.44. The Kier molecular flexibility index (Phi) is 3.67. The van der Waals surface area contributed by atoms with Crippen molar-refractivity contribution in [3.63, 3.8) is 0 Å². The monoisotopic (exact) mass is 285 g/mol. The molecule has 0 bridgehead atoms. The zero-order chi connectivity index (χ0) is 12.4. The Morgan fingerprint density at radius 1 is 1.06 bits per heavy atom. The smallest absolute Gasteiger partial charge is 0.152 e. The van der Waals surface area contributed by atoms with E-state index >= 15 is 0 Å². The van der Waals surface area contributed by atoms with Crippen molar-refractivity contribution in [2.75, 3.05) is 0 Å². The molecule has 0 unspecified atom stereocenters. The fraction of sp³-hybridized carbons (Fsp3) is 0. The van der Waals surface area contributed by atoms with Crippen molar-refractivity contribution < 1.29 is 4.79 Å². The summed E-state index contributed by atoms with van der Waals surface area (Å²) in [6.07, 6.45) is 0.704. The van der Waals surface area contributed by atoms with Crippen LogP contribution in [-0.2, 0) is 0 Å². The first kappa shape index (κ1) is 12.4. The zero-order valence-electron chi connectivity index (χ0n) is 8.45. The highest BCUT2D eigenvalue weighted by Crippen LogP contribution is 2.31. The molecule has 2 nitrogen and oxygen atoms in total. The number of nitrogens with zero attached hydrogens (tertiary/aromatic N) is 1. The maximum absolute atomic E-state index is 10.9. The molecule has 0 N–H and O–H groups in total. The van der Waals surface area contributed by atoms with Gasteiger partial charge in [0.15, 0.2) is 6.29 Å². The lowest BCUT2D eigenvalue weighted by atomic mass is 10.1. The van der Waals surface area contributed by atoms with Gasteiger partial charge < -0.3 is 0 Å². The molecule has 86 valence electrons. The highest BCUT2D eigenvalue weighted by atomic mass is 35.5. The molecule has 0 spiro atoms. The molecule has 5 heteroatoms. The van der Waals surface area contributed by atoms with Crippen molar-refractivity contribution >= 4 is 41.1 Å². The third-order valence-electron chi connectivity index (χ3n) is 2.20. The number of aldehydes is 1. The van der Waals surface area contributed by atoms with Crippen LogP contribution in [0.3, 0.4) is 0 Å². The zero-order valence-corrected chi connectivity index (χ0v) is 10.7. The number of hydrogen-bond acceptors (Lipinski definition) is 2. The Morgan fingerprint density at radius 3 is 2.53 bits per heavy atom. The second kappa shape index (κ2) is 5.05. The molecule has 1 heterocycles. The third-order valence-corrected chi connectivity index (χ3v) is 2.98. The molecule has 1 aromatic heterocycles. The molecular formula is C12H6Cl3NO. The molecule has 0 saturated heterocycles. The number of carbonyl (C=O) groups excluding carboxylic acids is 1. The minimum atomic E-state index is 0.293. The van der Waals surface area contributed by atoms with Crippen LogP contribution in [0.25, 0.3) is 11.3 Å². The summed E-state index contributed by atoms with van der Waals surface area (Å²) >= 11 is 17.8. The van der Waals surface area contributed by atoms with E-state index in [9.17, 15) is 4.79 Å². The first-order chi connectivity index (χ1) is 8.11. The van der Waals surface area contributed by atoms with E-state index in [-0.39, 0.29) is 0 Å². The second-order valence-electron chi connectivity index (χ2n) is 3.31. The predicted octanol–water partition coefficient (Wildman–Crippen LogP) is 4.52. The van der Waals surface area contributed by atoms with Crippen LogP contribution in [0, 0.1) is 0 Å². The fourth-order valence-corrected chi connectivity index (χ4v) is 1.96. The van der Waals surface area contributed by atoms with Crippen LogP contribution >= 0.6 is 34.8 Å². The molecule has 0 saturated carbocycles. The topological polar surface area (TPSA) is 30.0 Å². The molecule has 0 radical (unpaired) electrons. The summed E-state index contributed by atoms with van der Waals surface area (Å²) in [6.45, 7) is 0. The van der Waals surface area contributed by atoms with E-state index in [1.165, 1.54) is 0 Å². The van der Waals surface area contributed by atoms with Crippen molar-refractivity contribution in [3.8, 4) is 11.3 Å². The minimum absolute atomic E-state index is 0.293. The highest BCUT2D eigenvalue weighted by molar-refractivity contribution is 6.35. The third kappa shape index (κ3) is 2.60. The highest BCUT2D eigenvalue weighted by Gasteiger charge is 2.11. The average Bonchev–Trinajstić information content (AvgIpc) is 2.32. The van der Waals surface area contributed by atoms with Gasteiger partial charge in [-0.2, -0.15) is 0 Å². The summed E-state index contributed by atoms with van der Waals surface area (Å²) in [5, 5.41) is 1.27. The number of hydrogen-bond donors (Lipinski definition) is 0. The van der Waals surface area contributed by atoms with Crippen LogP contribution in [0.2, 0.25) is 15.2 Å². The summed E-state index contributed by atoms with van der Waals surface area (Å²) in [5.41, 5.74) is 1.43. The standard InChI is InChI=1S/C12H6Cl3NO/c13-8-2-3-10(14)9(5-8)12-7(6-17)1-4-11(15)16-12/h1-6H. The maximum Gasteiger partial charge on any atom is 0.152 e. The Morgan fingerprint density at radius 2 is 1.82 bits per heavy atom. The number of benzene rings is 1. The number of pyridine rings is 1. The molecule has 0 aliphatic rings. The summed E-state index contributed by atoms with van der Waals surface area (Å²) < 4.78 is 0. The van der Waals surface area contributed by atoms with Gasteiger partial charge in [-0.3, -0.25) is 4.79 Å². The molecule has 2 aromatic rings. The van der Waals surface area contributed by atoms with Crippen molar-refractivity contribution in [2.45, 2.75) is 0 Å². The summed E-state index contributed by atoms with van der Waals surface area (Å²) in [4.78, 5) is 15.1. The summed E-state index contributed by atoms with van der Waals surface area (Å²) in [5.74, 6) is 0. The van der Waals surface area contributed by atoms with Gasteiger partial charge in [-0.25, -0.2) is 4.98 Å². The van der Waals surface area contributed by atoms with Crippen molar-refractivity contribution in [3.05, 3.63) is 51.1 Å². The molecule has 0 aliphatic heterocycles. The largest absolute Gasteiger partial charge is 0.298 e. The van der Waals surface area contributed by atoms with E-state index in [4.69, 9.17) is 34.8 Å². The lowest BCUT2D eigenvalue weighted by Crippen LogP contribution is -1.93. The second-order valence-corrected chi connectivity index (χ2v) is 4.54. The van der Waals surface area contributed by atoms with Gasteiger partial charge in [-0.05, 0) is 30.3 Å². The SMILES string of the molecule is O=Cc1ccc(Cl)nc1-c1cc(Cl)ccc1Cl. The van der Waals surface area contributed by atoms with E-state index in [0.717, 1.165) is 0 Å². The van der Waals surface area contributed by atoms with Crippen LogP contribution in [0.4, 0.5) is 0 Å². The Labute approximate surface area is 113 Å². The minimum Gasteiger partial charge on any atom is -0.298 e. The molecule has 0 amide bonds. The van der Waals surface area contributed by atoms with E-state index in [1.807, 2.05) is 0 Å². The number of rotatable bonds is 2. The van der Waals surface area contributed by atoms with Crippen LogP contribution < -0.4 is 0 Å². The normalized spacial score (nSPS) is 10.3. The van der Waals surface area contributed by atoms with Crippen LogP contribution in [0.5, 0.6) is 0 Å². The van der Waals surface area contributed by atoms with Gasteiger partial charge >= 0.3 is 0 Å². The number of aromatic nitrogens is 1. The van der Waals surface area contributed by atoms with Crippen molar-refractivity contribution in [1.29, 1.82) is 0 Å². The molecule has 0 atom stereocenters. The van der Waals surface area contributed by atoms with E-state index < -0.39 is 0 Å². The van der Waals surface area contributed by atoms with E-state index in [2.05, 4.69) is 4.98 Å². The van der Waals surface area contributed by atoms with Gasteiger partial charge in [-0.1, -0.05) is 34.8 Å². The Balaban J connectivity index is 2.70. The maximum atomic E-state index is 10.9. The van der Waals surface area contributed by atoms with Gasteiger partial charge in [0.05, 0.1) is 10.7 Å². The molecular weight excluding hydrogens is 280 g/mol. The quantitative estimate of drug-likeness (QED) is 0.600.